The Kier molecular flexibility index (Phi) is 6.72. The van der Waals surface area contributed by atoms with E-state index in [2.05, 4.69) is 25.5 Å². The molecule has 3 N–H and O–H groups in total. The second kappa shape index (κ2) is 9.68. The van der Waals surface area contributed by atoms with Crippen molar-refractivity contribution in [2.75, 3.05) is 44.7 Å². The van der Waals surface area contributed by atoms with Crippen LogP contribution in [0.4, 0.5) is 19.5 Å². The molecule has 0 spiro atoms. The van der Waals surface area contributed by atoms with E-state index >= 15 is 0 Å². The van der Waals surface area contributed by atoms with Crippen LogP contribution in [0.1, 0.15) is 0 Å². The van der Waals surface area contributed by atoms with Crippen LogP contribution in [0.3, 0.4) is 0 Å². The minimum absolute atomic E-state index is 0.133. The van der Waals surface area contributed by atoms with Gasteiger partial charge in [-0.25, -0.2) is 18.6 Å². The summed E-state index contributed by atoms with van der Waals surface area (Å²) in [7, 11) is -4.75. The molecule has 2 aromatic carbocycles. The van der Waals surface area contributed by atoms with Crippen LogP contribution in [0.25, 0.3) is 11.0 Å². The van der Waals surface area contributed by atoms with E-state index in [0.29, 0.717) is 31.8 Å². The summed E-state index contributed by atoms with van der Waals surface area (Å²) >= 11 is 0. The molecular weight excluding hydrogens is 460 g/mol. The number of imidazole rings is 1. The Balaban J connectivity index is 1.39. The highest BCUT2D eigenvalue weighted by molar-refractivity contribution is 7.87. The highest BCUT2D eigenvalue weighted by Crippen LogP contribution is 2.26. The lowest BCUT2D eigenvalue weighted by Gasteiger charge is -2.26. The van der Waals surface area contributed by atoms with Gasteiger partial charge >= 0.3 is 16.1 Å². The Morgan fingerprint density at radius 3 is 2.64 bits per heavy atom. The summed E-state index contributed by atoms with van der Waals surface area (Å²) in [4.78, 5) is 20.1. The first kappa shape index (κ1) is 22.9. The number of carbonyl (C=O) groups is 1. The van der Waals surface area contributed by atoms with Crippen molar-refractivity contribution >= 4 is 33.1 Å². The molecule has 0 bridgehead atoms. The molecule has 0 radical (unpaired) electrons. The standard InChI is InChI=1S/C20H21F2N5O5S/c21-14-2-1-3-15(22)18(14)33(29,30)32-13-4-5-16-17(12-13)25-19(24-16)26-20(28)23-6-7-27-8-10-31-11-9-27/h1-5,12H,6-11H2,(H3,23,24,25,26,28). The van der Waals surface area contributed by atoms with Gasteiger partial charge in [-0.3, -0.25) is 10.2 Å². The van der Waals surface area contributed by atoms with Crippen molar-refractivity contribution in [2.45, 2.75) is 4.90 Å². The van der Waals surface area contributed by atoms with Gasteiger partial charge in [0.25, 0.3) is 0 Å². The number of amides is 2. The fourth-order valence-corrected chi connectivity index (χ4v) is 4.34. The number of hydrogen-bond acceptors (Lipinski definition) is 7. The Labute approximate surface area is 188 Å². The number of H-pyrrole nitrogens is 1. The normalized spacial score (nSPS) is 14.8. The zero-order valence-corrected chi connectivity index (χ0v) is 18.1. The van der Waals surface area contributed by atoms with Crippen molar-refractivity contribution in [2.24, 2.45) is 0 Å². The number of morpholine rings is 1. The molecule has 1 saturated heterocycles. The summed E-state index contributed by atoms with van der Waals surface area (Å²) in [6.45, 7) is 4.11. The average Bonchev–Trinajstić information content (AvgIpc) is 3.15. The lowest BCUT2D eigenvalue weighted by Crippen LogP contribution is -2.42. The minimum atomic E-state index is -4.75. The van der Waals surface area contributed by atoms with Gasteiger partial charge in [-0.15, -0.1) is 0 Å². The molecule has 0 unspecified atom stereocenters. The van der Waals surface area contributed by atoms with Crippen molar-refractivity contribution in [3.63, 3.8) is 0 Å². The number of ether oxygens (including phenoxy) is 1. The molecule has 3 aromatic rings. The third kappa shape index (κ3) is 5.56. The van der Waals surface area contributed by atoms with Gasteiger partial charge in [-0.2, -0.15) is 8.42 Å². The van der Waals surface area contributed by atoms with E-state index in [4.69, 9.17) is 8.92 Å². The largest absolute Gasteiger partial charge is 0.379 e. The number of anilines is 1. The monoisotopic (exact) mass is 481 g/mol. The van der Waals surface area contributed by atoms with Gasteiger partial charge < -0.3 is 19.2 Å². The molecule has 2 amide bonds. The lowest BCUT2D eigenvalue weighted by atomic mass is 10.3. The van der Waals surface area contributed by atoms with Crippen LogP contribution in [0.5, 0.6) is 5.75 Å². The van der Waals surface area contributed by atoms with Gasteiger partial charge in [0.05, 0.1) is 24.2 Å². The molecular formula is C20H21F2N5O5S. The number of aromatic amines is 1. The van der Waals surface area contributed by atoms with Crippen LogP contribution in [0.15, 0.2) is 41.3 Å². The summed E-state index contributed by atoms with van der Waals surface area (Å²) in [6.07, 6.45) is 0. The minimum Gasteiger partial charge on any atom is -0.379 e. The Morgan fingerprint density at radius 1 is 1.18 bits per heavy atom. The predicted octanol–water partition coefficient (Wildman–Crippen LogP) is 2.06. The third-order valence-electron chi connectivity index (χ3n) is 4.88. The fourth-order valence-electron chi connectivity index (χ4n) is 3.29. The van der Waals surface area contributed by atoms with Crippen LogP contribution < -0.4 is 14.8 Å². The van der Waals surface area contributed by atoms with E-state index in [-0.39, 0.29) is 17.2 Å². The lowest BCUT2D eigenvalue weighted by molar-refractivity contribution is 0.0388. The number of fused-ring (bicyclic) bond motifs is 1. The number of carbonyl (C=O) groups excluding carboxylic acids is 1. The maximum Gasteiger partial charge on any atom is 0.345 e. The van der Waals surface area contributed by atoms with Crippen LogP contribution in [0, 0.1) is 11.6 Å². The maximum atomic E-state index is 13.8. The second-order valence-corrected chi connectivity index (χ2v) is 8.67. The number of urea groups is 1. The molecule has 1 aliphatic heterocycles. The number of nitrogens with one attached hydrogen (secondary N) is 3. The van der Waals surface area contributed by atoms with Crippen LogP contribution >= 0.6 is 0 Å². The molecule has 33 heavy (non-hydrogen) atoms. The van der Waals surface area contributed by atoms with E-state index < -0.39 is 32.7 Å². The summed E-state index contributed by atoms with van der Waals surface area (Å²) < 4.78 is 62.5. The van der Waals surface area contributed by atoms with Gasteiger partial charge in [0, 0.05) is 32.2 Å². The molecule has 176 valence electrons. The Hall–Kier alpha value is -3.29. The van der Waals surface area contributed by atoms with Crippen LogP contribution in [-0.2, 0) is 14.9 Å². The summed E-state index contributed by atoms with van der Waals surface area (Å²) in [5.74, 6) is -2.59. The smallest absolute Gasteiger partial charge is 0.345 e. The summed E-state index contributed by atoms with van der Waals surface area (Å²) in [6, 6.07) is 6.25. The molecule has 1 aliphatic rings. The fraction of sp³-hybridized carbons (Fsp3) is 0.300. The number of nitrogens with zero attached hydrogens (tertiary/aromatic N) is 2. The Morgan fingerprint density at radius 2 is 1.91 bits per heavy atom. The highest BCUT2D eigenvalue weighted by Gasteiger charge is 2.26. The first-order valence-corrected chi connectivity index (χ1v) is 11.5. The van der Waals surface area contributed by atoms with E-state index in [0.717, 1.165) is 31.3 Å². The first-order chi connectivity index (χ1) is 15.8. The summed E-state index contributed by atoms with van der Waals surface area (Å²) in [5, 5.41) is 5.29. The van der Waals surface area contributed by atoms with Gasteiger partial charge in [-0.05, 0) is 24.3 Å². The average molecular weight is 481 g/mol. The Bertz CT molecular complexity index is 1240. The maximum absolute atomic E-state index is 13.8. The van der Waals surface area contributed by atoms with Crippen LogP contribution in [0.2, 0.25) is 0 Å². The van der Waals surface area contributed by atoms with Gasteiger partial charge in [-0.1, -0.05) is 6.07 Å². The van der Waals surface area contributed by atoms with Gasteiger partial charge in [0.15, 0.2) is 4.90 Å². The van der Waals surface area contributed by atoms with E-state index in [1.807, 2.05) is 0 Å². The number of hydrogen-bond donors (Lipinski definition) is 3. The number of rotatable bonds is 7. The molecule has 13 heteroatoms. The van der Waals surface area contributed by atoms with Crippen LogP contribution in [-0.4, -0.2) is 68.7 Å². The highest BCUT2D eigenvalue weighted by atomic mass is 32.2. The number of halogens is 2. The zero-order valence-electron chi connectivity index (χ0n) is 17.3. The SMILES string of the molecule is O=C(NCCN1CCOCC1)Nc1nc2cc(OS(=O)(=O)c3c(F)cccc3F)ccc2[nH]1. The van der Waals surface area contributed by atoms with Gasteiger partial charge in [0.1, 0.15) is 17.4 Å². The molecule has 10 nitrogen and oxygen atoms in total. The first-order valence-electron chi connectivity index (χ1n) is 10.0. The molecule has 0 atom stereocenters. The number of benzene rings is 2. The number of aromatic nitrogens is 2. The molecule has 1 aromatic heterocycles. The van der Waals surface area contributed by atoms with E-state index in [9.17, 15) is 22.0 Å². The topological polar surface area (TPSA) is 126 Å². The van der Waals surface area contributed by atoms with Gasteiger partial charge in [0.2, 0.25) is 5.95 Å². The van der Waals surface area contributed by atoms with Crippen molar-refractivity contribution in [3.05, 3.63) is 48.0 Å². The molecule has 0 saturated carbocycles. The second-order valence-electron chi connectivity index (χ2n) is 7.19. The van der Waals surface area contributed by atoms with Crippen molar-refractivity contribution in [3.8, 4) is 5.75 Å². The van der Waals surface area contributed by atoms with E-state index in [1.165, 1.54) is 18.2 Å². The van der Waals surface area contributed by atoms with Crippen molar-refractivity contribution in [1.82, 2.24) is 20.2 Å². The molecule has 0 aliphatic carbocycles. The molecule has 4 rings (SSSR count). The van der Waals surface area contributed by atoms with E-state index in [1.54, 1.807) is 0 Å². The van der Waals surface area contributed by atoms with Crippen molar-refractivity contribution in [1.29, 1.82) is 0 Å². The van der Waals surface area contributed by atoms with Crippen molar-refractivity contribution < 1.29 is 30.9 Å². The molecule has 1 fully saturated rings. The molecule has 2 heterocycles. The summed E-state index contributed by atoms with van der Waals surface area (Å²) in [5.41, 5.74) is 0.765. The third-order valence-corrected chi connectivity index (χ3v) is 6.18. The zero-order chi connectivity index (χ0) is 23.4. The predicted molar refractivity (Wildman–Crippen MR) is 115 cm³/mol. The quantitative estimate of drug-likeness (QED) is 0.441.